The van der Waals surface area contributed by atoms with E-state index in [4.69, 9.17) is 11.6 Å². The quantitative estimate of drug-likeness (QED) is 0.428. The van der Waals surface area contributed by atoms with Crippen molar-refractivity contribution in [3.63, 3.8) is 0 Å². The van der Waals surface area contributed by atoms with Crippen LogP contribution in [0.1, 0.15) is 27.3 Å². The predicted molar refractivity (Wildman–Crippen MR) is 99.5 cm³/mol. The van der Waals surface area contributed by atoms with Gasteiger partial charge in [0.2, 0.25) is 0 Å². The lowest BCUT2D eigenvalue weighted by atomic mass is 10.2. The van der Waals surface area contributed by atoms with Crippen LogP contribution >= 0.6 is 11.6 Å². The van der Waals surface area contributed by atoms with Crippen LogP contribution in [0.25, 0.3) is 5.69 Å². The molecule has 26 heavy (non-hydrogen) atoms. The molecule has 0 saturated heterocycles. The van der Waals surface area contributed by atoms with Crippen molar-refractivity contribution >= 4 is 23.7 Å². The number of carbonyl (C=O) groups is 1. The molecule has 0 aliphatic heterocycles. The van der Waals surface area contributed by atoms with E-state index < -0.39 is 5.91 Å². The van der Waals surface area contributed by atoms with Crippen LogP contribution in [0.3, 0.4) is 0 Å². The van der Waals surface area contributed by atoms with Crippen molar-refractivity contribution in [1.29, 1.82) is 0 Å². The van der Waals surface area contributed by atoms with Crippen LogP contribution in [0.5, 0.6) is 0 Å². The summed E-state index contributed by atoms with van der Waals surface area (Å²) < 4.78 is 15.1. The van der Waals surface area contributed by atoms with Gasteiger partial charge in [-0.05, 0) is 56.3 Å². The highest BCUT2D eigenvalue weighted by Gasteiger charge is 2.11. The highest BCUT2D eigenvalue weighted by atomic mass is 35.5. The number of hydrogen-bond acceptors (Lipinski definition) is 3. The minimum Gasteiger partial charge on any atom is -0.318 e. The standard InChI is InChI=1S/C19H16ClFN4O/c1-12-10-14(13(2)25(12)16-7-5-15(21)6-8-16)11-23-24-19(26)17-4-3-9-22-18(17)20/h3-11H,1-2H3,(H,24,26). The van der Waals surface area contributed by atoms with Gasteiger partial charge in [0, 0.05) is 28.8 Å². The molecule has 0 fully saturated rings. The van der Waals surface area contributed by atoms with Gasteiger partial charge in [-0.1, -0.05) is 11.6 Å². The van der Waals surface area contributed by atoms with Crippen LogP contribution in [0, 0.1) is 19.7 Å². The summed E-state index contributed by atoms with van der Waals surface area (Å²) in [6.45, 7) is 3.87. The number of amides is 1. The van der Waals surface area contributed by atoms with Gasteiger partial charge in [-0.2, -0.15) is 5.10 Å². The number of rotatable bonds is 4. The first kappa shape index (κ1) is 17.8. The van der Waals surface area contributed by atoms with Crippen molar-refractivity contribution < 1.29 is 9.18 Å². The fourth-order valence-electron chi connectivity index (χ4n) is 2.68. The number of nitrogens with zero attached hydrogens (tertiary/aromatic N) is 3. The van der Waals surface area contributed by atoms with Gasteiger partial charge >= 0.3 is 0 Å². The zero-order valence-corrected chi connectivity index (χ0v) is 15.0. The van der Waals surface area contributed by atoms with Crippen molar-refractivity contribution in [3.8, 4) is 5.69 Å². The van der Waals surface area contributed by atoms with E-state index in [0.29, 0.717) is 0 Å². The van der Waals surface area contributed by atoms with Gasteiger partial charge in [0.1, 0.15) is 11.0 Å². The summed E-state index contributed by atoms with van der Waals surface area (Å²) in [7, 11) is 0. The third-order valence-corrected chi connectivity index (χ3v) is 4.23. The number of pyridine rings is 1. The molecule has 0 aliphatic rings. The van der Waals surface area contributed by atoms with Gasteiger partial charge in [-0.15, -0.1) is 0 Å². The molecule has 0 spiro atoms. The molecule has 132 valence electrons. The molecule has 2 aromatic heterocycles. The van der Waals surface area contributed by atoms with Crippen LogP contribution in [0.4, 0.5) is 4.39 Å². The molecule has 0 bridgehead atoms. The number of carbonyl (C=O) groups excluding carboxylic acids is 1. The lowest BCUT2D eigenvalue weighted by Gasteiger charge is -2.09. The third-order valence-electron chi connectivity index (χ3n) is 3.93. The molecular weight excluding hydrogens is 355 g/mol. The fraction of sp³-hybridized carbons (Fsp3) is 0.105. The maximum atomic E-state index is 13.1. The number of nitrogens with one attached hydrogen (secondary N) is 1. The van der Waals surface area contributed by atoms with Gasteiger partial charge in [0.25, 0.3) is 5.91 Å². The maximum Gasteiger partial charge on any atom is 0.274 e. The molecule has 0 saturated carbocycles. The molecule has 3 aromatic rings. The lowest BCUT2D eigenvalue weighted by molar-refractivity contribution is 0.0955. The second-order valence-electron chi connectivity index (χ2n) is 5.68. The van der Waals surface area contributed by atoms with Crippen molar-refractivity contribution in [3.05, 3.63) is 82.1 Å². The van der Waals surface area contributed by atoms with Crippen molar-refractivity contribution in [2.75, 3.05) is 0 Å². The molecule has 2 heterocycles. The molecule has 7 heteroatoms. The highest BCUT2D eigenvalue weighted by molar-refractivity contribution is 6.32. The molecule has 1 amide bonds. The Hall–Kier alpha value is -2.99. The summed E-state index contributed by atoms with van der Waals surface area (Å²) in [6, 6.07) is 11.4. The van der Waals surface area contributed by atoms with Gasteiger partial charge in [-0.3, -0.25) is 4.79 Å². The SMILES string of the molecule is Cc1cc(C=NNC(=O)c2cccnc2Cl)c(C)n1-c1ccc(F)cc1. The number of aryl methyl sites for hydroxylation is 1. The highest BCUT2D eigenvalue weighted by Crippen LogP contribution is 2.20. The summed E-state index contributed by atoms with van der Waals surface area (Å²) in [5.41, 5.74) is 6.28. The zero-order valence-electron chi connectivity index (χ0n) is 14.2. The van der Waals surface area contributed by atoms with Crippen LogP contribution in [0.2, 0.25) is 5.15 Å². The Balaban J connectivity index is 1.79. The summed E-state index contributed by atoms with van der Waals surface area (Å²) in [5, 5.41) is 4.12. The number of benzene rings is 1. The van der Waals surface area contributed by atoms with Crippen LogP contribution in [0.15, 0.2) is 53.8 Å². The van der Waals surface area contributed by atoms with Crippen LogP contribution < -0.4 is 5.43 Å². The van der Waals surface area contributed by atoms with E-state index in [-0.39, 0.29) is 16.5 Å². The van der Waals surface area contributed by atoms with E-state index >= 15 is 0 Å². The minimum atomic E-state index is -0.438. The molecule has 0 unspecified atom stereocenters. The zero-order chi connectivity index (χ0) is 18.7. The van der Waals surface area contributed by atoms with Gasteiger partial charge in [0.15, 0.2) is 0 Å². The molecule has 3 rings (SSSR count). The molecular formula is C19H16ClFN4O. The minimum absolute atomic E-state index is 0.120. The smallest absolute Gasteiger partial charge is 0.274 e. The van der Waals surface area contributed by atoms with Crippen LogP contribution in [-0.4, -0.2) is 21.7 Å². The van der Waals surface area contributed by atoms with Crippen molar-refractivity contribution in [2.24, 2.45) is 5.10 Å². The van der Waals surface area contributed by atoms with E-state index in [0.717, 1.165) is 22.6 Å². The molecule has 5 nitrogen and oxygen atoms in total. The van der Waals surface area contributed by atoms with Crippen LogP contribution in [-0.2, 0) is 0 Å². The second-order valence-corrected chi connectivity index (χ2v) is 6.04. The first-order chi connectivity index (χ1) is 12.5. The Morgan fingerprint density at radius 2 is 2.00 bits per heavy atom. The number of hydrogen-bond donors (Lipinski definition) is 1. The summed E-state index contributed by atoms with van der Waals surface area (Å²) in [5.74, 6) is -0.721. The van der Waals surface area contributed by atoms with E-state index in [1.165, 1.54) is 18.3 Å². The van der Waals surface area contributed by atoms with E-state index in [1.54, 1.807) is 30.5 Å². The third kappa shape index (κ3) is 3.65. The predicted octanol–water partition coefficient (Wildman–Crippen LogP) is 4.05. The molecule has 1 aromatic carbocycles. The Morgan fingerprint density at radius 1 is 1.27 bits per heavy atom. The maximum absolute atomic E-state index is 13.1. The Kier molecular flexibility index (Phi) is 5.14. The Labute approximate surface area is 155 Å². The van der Waals surface area contributed by atoms with Gasteiger partial charge in [-0.25, -0.2) is 14.8 Å². The first-order valence-corrected chi connectivity index (χ1v) is 8.24. The molecule has 0 atom stereocenters. The average molecular weight is 371 g/mol. The number of aromatic nitrogens is 2. The summed E-state index contributed by atoms with van der Waals surface area (Å²) >= 11 is 5.89. The van der Waals surface area contributed by atoms with Crippen molar-refractivity contribution in [2.45, 2.75) is 13.8 Å². The molecule has 1 N–H and O–H groups in total. The summed E-state index contributed by atoms with van der Waals surface area (Å²) in [6.07, 6.45) is 3.07. The average Bonchev–Trinajstić information content (AvgIpc) is 2.90. The fourth-order valence-corrected chi connectivity index (χ4v) is 2.89. The van der Waals surface area contributed by atoms with Gasteiger partial charge in [0.05, 0.1) is 11.8 Å². The normalized spacial score (nSPS) is 11.1. The summed E-state index contributed by atoms with van der Waals surface area (Å²) in [4.78, 5) is 15.9. The van der Waals surface area contributed by atoms with Crippen molar-refractivity contribution in [1.82, 2.24) is 15.0 Å². The van der Waals surface area contributed by atoms with E-state index in [1.807, 2.05) is 24.5 Å². The van der Waals surface area contributed by atoms with E-state index in [2.05, 4.69) is 15.5 Å². The molecule has 0 aliphatic carbocycles. The lowest BCUT2D eigenvalue weighted by Crippen LogP contribution is -2.18. The monoisotopic (exact) mass is 370 g/mol. The Morgan fingerprint density at radius 3 is 2.69 bits per heavy atom. The number of hydrazone groups is 1. The first-order valence-electron chi connectivity index (χ1n) is 7.86. The van der Waals surface area contributed by atoms with E-state index in [9.17, 15) is 9.18 Å². The van der Waals surface area contributed by atoms with Gasteiger partial charge < -0.3 is 4.57 Å². The second kappa shape index (κ2) is 7.49. The number of halogens is 2. The topological polar surface area (TPSA) is 59.3 Å². The molecule has 0 radical (unpaired) electrons. The largest absolute Gasteiger partial charge is 0.318 e. The Bertz CT molecular complexity index is 980.